The second kappa shape index (κ2) is 7.90. The molecule has 150 valence electrons. The molecule has 0 nitrogen and oxygen atoms in total. The van der Waals surface area contributed by atoms with Crippen molar-refractivity contribution in [2.24, 2.45) is 5.41 Å². The Bertz CT molecular complexity index is 859. The summed E-state index contributed by atoms with van der Waals surface area (Å²) in [7, 11) is 0. The van der Waals surface area contributed by atoms with E-state index in [9.17, 15) is 0 Å². The molecular formula is C28H38. The zero-order chi connectivity index (χ0) is 20.6. The fourth-order valence-electron chi connectivity index (χ4n) is 4.25. The minimum Gasteiger partial charge on any atom is -0.0651 e. The van der Waals surface area contributed by atoms with Crippen LogP contribution in [-0.2, 0) is 12.8 Å². The third-order valence-corrected chi connectivity index (χ3v) is 6.20. The summed E-state index contributed by atoms with van der Waals surface area (Å²) in [5.41, 5.74) is 12.1. The average Bonchev–Trinajstić information content (AvgIpc) is 3.06. The Labute approximate surface area is 173 Å². The van der Waals surface area contributed by atoms with Gasteiger partial charge in [0.1, 0.15) is 0 Å². The summed E-state index contributed by atoms with van der Waals surface area (Å²) >= 11 is 0. The van der Waals surface area contributed by atoms with Gasteiger partial charge in [-0.15, -0.1) is 0 Å². The van der Waals surface area contributed by atoms with Gasteiger partial charge in [0.15, 0.2) is 0 Å². The van der Waals surface area contributed by atoms with Gasteiger partial charge in [0.25, 0.3) is 0 Å². The Morgan fingerprint density at radius 3 is 2.00 bits per heavy atom. The zero-order valence-electron chi connectivity index (χ0n) is 19.2. The van der Waals surface area contributed by atoms with Crippen LogP contribution in [0, 0.1) is 5.41 Å². The van der Waals surface area contributed by atoms with Gasteiger partial charge < -0.3 is 0 Å². The lowest BCUT2D eigenvalue weighted by Crippen LogP contribution is -2.08. The molecule has 1 aliphatic rings. The molecule has 0 saturated carbocycles. The number of allylic oxidation sites excluding steroid dienone is 1. The molecule has 0 amide bonds. The second-order valence-electron chi connectivity index (χ2n) is 10.2. The highest BCUT2D eigenvalue weighted by atomic mass is 14.3. The molecule has 3 rings (SSSR count). The number of rotatable bonds is 5. The van der Waals surface area contributed by atoms with Crippen molar-refractivity contribution in [3.63, 3.8) is 0 Å². The van der Waals surface area contributed by atoms with Crippen molar-refractivity contribution >= 4 is 6.08 Å². The maximum atomic E-state index is 2.50. The first-order valence-corrected chi connectivity index (χ1v) is 11.1. The first-order valence-electron chi connectivity index (χ1n) is 11.1. The predicted molar refractivity (Wildman–Crippen MR) is 125 cm³/mol. The zero-order valence-corrected chi connectivity index (χ0v) is 19.2. The van der Waals surface area contributed by atoms with Gasteiger partial charge in [-0.3, -0.25) is 0 Å². The molecule has 1 aliphatic carbocycles. The van der Waals surface area contributed by atoms with Crippen LogP contribution in [0.4, 0.5) is 0 Å². The lowest BCUT2D eigenvalue weighted by Gasteiger charge is -2.19. The summed E-state index contributed by atoms with van der Waals surface area (Å²) < 4.78 is 0. The van der Waals surface area contributed by atoms with Crippen LogP contribution < -0.4 is 0 Å². The average molecular weight is 375 g/mol. The number of benzene rings is 2. The van der Waals surface area contributed by atoms with E-state index >= 15 is 0 Å². The Hall–Kier alpha value is -1.82. The Morgan fingerprint density at radius 1 is 0.893 bits per heavy atom. The molecule has 0 spiro atoms. The third kappa shape index (κ3) is 4.12. The van der Waals surface area contributed by atoms with Crippen LogP contribution in [0.25, 0.3) is 17.2 Å². The molecule has 0 fully saturated rings. The summed E-state index contributed by atoms with van der Waals surface area (Å²) in [5, 5.41) is 0. The van der Waals surface area contributed by atoms with Crippen LogP contribution in [0.2, 0.25) is 0 Å². The number of hydrogen-bond donors (Lipinski definition) is 0. The fourth-order valence-corrected chi connectivity index (χ4v) is 4.25. The first kappa shape index (κ1) is 20.9. The van der Waals surface area contributed by atoms with Crippen molar-refractivity contribution in [3.05, 3.63) is 63.7 Å². The number of fused-ring (bicyclic) bond motifs is 1. The summed E-state index contributed by atoms with van der Waals surface area (Å²) in [6, 6.07) is 12.1. The highest BCUT2D eigenvalue weighted by molar-refractivity contribution is 5.84. The molecule has 0 saturated heterocycles. The lowest BCUT2D eigenvalue weighted by molar-refractivity contribution is 0.498. The molecule has 0 heteroatoms. The monoisotopic (exact) mass is 374 g/mol. The molecular weight excluding hydrogens is 336 g/mol. The molecule has 2 aromatic rings. The molecule has 28 heavy (non-hydrogen) atoms. The van der Waals surface area contributed by atoms with Crippen LogP contribution in [0.1, 0.15) is 101 Å². The predicted octanol–water partition coefficient (Wildman–Crippen LogP) is 8.54. The molecule has 2 aromatic carbocycles. The molecule has 0 atom stereocenters. The maximum Gasteiger partial charge on any atom is -0.00523 e. The van der Waals surface area contributed by atoms with Crippen molar-refractivity contribution in [2.45, 2.75) is 86.5 Å². The Kier molecular flexibility index (Phi) is 5.89. The van der Waals surface area contributed by atoms with E-state index in [-0.39, 0.29) is 5.41 Å². The normalized spacial score (nSPS) is 14.0. The highest BCUT2D eigenvalue weighted by Gasteiger charge is 2.26. The van der Waals surface area contributed by atoms with Crippen molar-refractivity contribution < 1.29 is 0 Å². The van der Waals surface area contributed by atoms with E-state index in [1.54, 1.807) is 5.57 Å². The van der Waals surface area contributed by atoms with Crippen LogP contribution >= 0.6 is 0 Å². The minimum absolute atomic E-state index is 0.226. The van der Waals surface area contributed by atoms with E-state index in [4.69, 9.17) is 0 Å². The molecule has 0 aromatic heterocycles. The summed E-state index contributed by atoms with van der Waals surface area (Å²) in [6.07, 6.45) is 5.92. The van der Waals surface area contributed by atoms with E-state index in [1.807, 2.05) is 0 Å². The Balaban J connectivity index is 2.27. The topological polar surface area (TPSA) is 0 Å². The highest BCUT2D eigenvalue weighted by Crippen LogP contribution is 2.43. The number of hydrogen-bond acceptors (Lipinski definition) is 0. The van der Waals surface area contributed by atoms with Gasteiger partial charge >= 0.3 is 0 Å². The van der Waals surface area contributed by atoms with Crippen LogP contribution in [0.15, 0.2) is 35.9 Å². The van der Waals surface area contributed by atoms with E-state index in [0.29, 0.717) is 11.8 Å². The fraction of sp³-hybridized carbons (Fsp3) is 0.500. The smallest absolute Gasteiger partial charge is 0.00523 e. The van der Waals surface area contributed by atoms with Gasteiger partial charge in [-0.2, -0.15) is 0 Å². The molecule has 0 bridgehead atoms. The lowest BCUT2D eigenvalue weighted by atomic mass is 9.85. The minimum atomic E-state index is 0.226. The van der Waals surface area contributed by atoms with E-state index in [1.165, 1.54) is 45.4 Å². The summed E-state index contributed by atoms with van der Waals surface area (Å²) in [4.78, 5) is 0. The van der Waals surface area contributed by atoms with Gasteiger partial charge in [-0.25, -0.2) is 0 Å². The molecule has 0 unspecified atom stereocenters. The van der Waals surface area contributed by atoms with Crippen molar-refractivity contribution in [3.8, 4) is 11.1 Å². The number of aryl methyl sites for hydroxylation is 1. The van der Waals surface area contributed by atoms with E-state index in [2.05, 4.69) is 91.8 Å². The van der Waals surface area contributed by atoms with E-state index in [0.717, 1.165) is 12.8 Å². The van der Waals surface area contributed by atoms with Gasteiger partial charge in [-0.05, 0) is 69.0 Å². The SMILES string of the molecule is CCCc1ccc2c(c1-c1cc(C(C)C)cc(C(C)C)c1)C=C(C(C)(C)C)C2. The largest absolute Gasteiger partial charge is 0.0651 e. The molecule has 0 radical (unpaired) electrons. The first-order chi connectivity index (χ1) is 13.1. The van der Waals surface area contributed by atoms with Gasteiger partial charge in [0.05, 0.1) is 0 Å². The van der Waals surface area contributed by atoms with Gasteiger partial charge in [-0.1, -0.05) is 104 Å². The summed E-state index contributed by atoms with van der Waals surface area (Å²) in [5.74, 6) is 1.09. The second-order valence-corrected chi connectivity index (χ2v) is 10.2. The van der Waals surface area contributed by atoms with Crippen molar-refractivity contribution in [2.75, 3.05) is 0 Å². The van der Waals surface area contributed by atoms with Crippen molar-refractivity contribution in [1.29, 1.82) is 0 Å². The van der Waals surface area contributed by atoms with Gasteiger partial charge in [0.2, 0.25) is 0 Å². The molecule has 0 N–H and O–H groups in total. The molecule has 0 aliphatic heterocycles. The van der Waals surface area contributed by atoms with Crippen LogP contribution in [0.5, 0.6) is 0 Å². The van der Waals surface area contributed by atoms with Crippen LogP contribution in [0.3, 0.4) is 0 Å². The quantitative estimate of drug-likeness (QED) is 0.492. The Morgan fingerprint density at radius 2 is 1.50 bits per heavy atom. The third-order valence-electron chi connectivity index (χ3n) is 6.20. The van der Waals surface area contributed by atoms with Gasteiger partial charge in [0, 0.05) is 0 Å². The van der Waals surface area contributed by atoms with Crippen molar-refractivity contribution in [1.82, 2.24) is 0 Å². The molecule has 0 heterocycles. The summed E-state index contributed by atoms with van der Waals surface area (Å²) in [6.45, 7) is 18.5. The standard InChI is InChI=1S/C28H38/c1-9-10-20-11-12-21-16-25(28(6,7)8)17-26(21)27(20)24-14-22(18(2)3)13-23(15-24)19(4)5/h11-15,17-19H,9-10,16H2,1-8H3. The van der Waals surface area contributed by atoms with E-state index < -0.39 is 0 Å². The maximum absolute atomic E-state index is 2.50. The van der Waals surface area contributed by atoms with Crippen LogP contribution in [-0.4, -0.2) is 0 Å².